The van der Waals surface area contributed by atoms with Gasteiger partial charge in [0, 0.05) is 11.3 Å². The quantitative estimate of drug-likeness (QED) is 0.841. The molecule has 0 saturated carbocycles. The third kappa shape index (κ3) is 3.84. The van der Waals surface area contributed by atoms with Gasteiger partial charge in [0.1, 0.15) is 0 Å². The van der Waals surface area contributed by atoms with E-state index in [1.54, 1.807) is 24.3 Å². The maximum absolute atomic E-state index is 12.1. The summed E-state index contributed by atoms with van der Waals surface area (Å²) in [5.41, 5.74) is 1.75. The Kier molecular flexibility index (Phi) is 4.84. The molecule has 22 heavy (non-hydrogen) atoms. The van der Waals surface area contributed by atoms with Crippen molar-refractivity contribution in [2.45, 2.75) is 26.3 Å². The molecule has 0 N–H and O–H groups in total. The molecule has 0 aliphatic rings. The SMILES string of the molecule is CC(C)c1nc(CN(c2ccc(C#N)cc2)S(C)(=O)=O)cs1. The maximum atomic E-state index is 12.1. The van der Waals surface area contributed by atoms with Gasteiger partial charge in [-0.15, -0.1) is 11.3 Å². The van der Waals surface area contributed by atoms with Crippen molar-refractivity contribution < 1.29 is 8.42 Å². The van der Waals surface area contributed by atoms with Gasteiger partial charge in [-0.3, -0.25) is 4.31 Å². The Balaban J connectivity index is 2.32. The number of hydrogen-bond donors (Lipinski definition) is 0. The molecule has 0 bridgehead atoms. The first kappa shape index (κ1) is 16.5. The summed E-state index contributed by atoms with van der Waals surface area (Å²) in [5.74, 6) is 0.320. The number of nitrogens with zero attached hydrogens (tertiary/aromatic N) is 3. The second-order valence-electron chi connectivity index (χ2n) is 5.26. The summed E-state index contributed by atoms with van der Waals surface area (Å²) in [6, 6.07) is 8.50. The summed E-state index contributed by atoms with van der Waals surface area (Å²) in [4.78, 5) is 4.48. The van der Waals surface area contributed by atoms with Crippen LogP contribution >= 0.6 is 11.3 Å². The van der Waals surface area contributed by atoms with Gasteiger partial charge < -0.3 is 0 Å². The zero-order chi connectivity index (χ0) is 16.3. The van der Waals surface area contributed by atoms with Crippen molar-refractivity contribution >= 4 is 27.0 Å². The normalized spacial score (nSPS) is 11.4. The minimum absolute atomic E-state index is 0.188. The Labute approximate surface area is 134 Å². The highest BCUT2D eigenvalue weighted by Crippen LogP contribution is 2.24. The van der Waals surface area contributed by atoms with Crippen LogP contribution in [-0.4, -0.2) is 19.7 Å². The molecule has 0 amide bonds. The summed E-state index contributed by atoms with van der Waals surface area (Å²) in [6.45, 7) is 4.29. The van der Waals surface area contributed by atoms with E-state index in [4.69, 9.17) is 5.26 Å². The lowest BCUT2D eigenvalue weighted by Gasteiger charge is -2.21. The molecule has 0 spiro atoms. The van der Waals surface area contributed by atoms with E-state index in [0.717, 1.165) is 10.7 Å². The topological polar surface area (TPSA) is 74.1 Å². The molecule has 2 aromatic rings. The first-order chi connectivity index (χ1) is 10.3. The third-order valence-electron chi connectivity index (χ3n) is 3.05. The Morgan fingerprint density at radius 3 is 2.41 bits per heavy atom. The molecule has 0 unspecified atom stereocenters. The Bertz CT molecular complexity index is 787. The van der Waals surface area contributed by atoms with Gasteiger partial charge >= 0.3 is 0 Å². The van der Waals surface area contributed by atoms with Gasteiger partial charge in [-0.1, -0.05) is 13.8 Å². The van der Waals surface area contributed by atoms with E-state index >= 15 is 0 Å². The summed E-state index contributed by atoms with van der Waals surface area (Å²) >= 11 is 1.54. The first-order valence-corrected chi connectivity index (χ1v) is 9.46. The van der Waals surface area contributed by atoms with E-state index in [2.05, 4.69) is 18.8 Å². The number of nitriles is 1. The number of thiazole rings is 1. The van der Waals surface area contributed by atoms with Gasteiger partial charge in [0.15, 0.2) is 0 Å². The summed E-state index contributed by atoms with van der Waals surface area (Å²) in [5, 5.41) is 11.7. The summed E-state index contributed by atoms with van der Waals surface area (Å²) in [6.07, 6.45) is 1.17. The molecule has 0 atom stereocenters. The second-order valence-corrected chi connectivity index (χ2v) is 8.06. The summed E-state index contributed by atoms with van der Waals surface area (Å²) < 4.78 is 25.4. The average molecular weight is 335 g/mol. The molecule has 1 heterocycles. The Morgan fingerprint density at radius 1 is 1.32 bits per heavy atom. The molecule has 0 radical (unpaired) electrons. The molecule has 0 saturated heterocycles. The molecule has 7 heteroatoms. The van der Waals surface area contributed by atoms with Gasteiger partial charge in [-0.2, -0.15) is 5.26 Å². The number of sulfonamides is 1. The lowest BCUT2D eigenvalue weighted by Crippen LogP contribution is -2.29. The van der Waals surface area contributed by atoms with E-state index in [1.807, 2.05) is 11.4 Å². The Morgan fingerprint density at radius 2 is 1.95 bits per heavy atom. The fourth-order valence-corrected chi connectivity index (χ4v) is 3.61. The Hall–Kier alpha value is -1.91. The van der Waals surface area contributed by atoms with Crippen molar-refractivity contribution in [2.24, 2.45) is 0 Å². The molecule has 116 valence electrons. The van der Waals surface area contributed by atoms with Crippen LogP contribution in [0.1, 0.15) is 36.0 Å². The van der Waals surface area contributed by atoms with Crippen LogP contribution in [0.5, 0.6) is 0 Å². The third-order valence-corrected chi connectivity index (χ3v) is 5.39. The highest BCUT2D eigenvalue weighted by Gasteiger charge is 2.19. The van der Waals surface area contributed by atoms with Gasteiger partial charge in [0.05, 0.1) is 40.8 Å². The minimum atomic E-state index is -3.43. The standard InChI is InChI=1S/C15H17N3O2S2/c1-11(2)15-17-13(10-21-15)9-18(22(3,19)20)14-6-4-12(8-16)5-7-14/h4-7,10-11H,9H2,1-3H3. The number of benzene rings is 1. The molecular formula is C15H17N3O2S2. The number of anilines is 1. The lowest BCUT2D eigenvalue weighted by molar-refractivity contribution is 0.596. The van der Waals surface area contributed by atoms with Crippen molar-refractivity contribution in [1.29, 1.82) is 5.26 Å². The van der Waals surface area contributed by atoms with Crippen LogP contribution < -0.4 is 4.31 Å². The van der Waals surface area contributed by atoms with E-state index in [-0.39, 0.29) is 6.54 Å². The minimum Gasteiger partial charge on any atom is -0.264 e. The van der Waals surface area contributed by atoms with Crippen molar-refractivity contribution in [3.8, 4) is 6.07 Å². The fourth-order valence-electron chi connectivity index (χ4n) is 1.91. The lowest BCUT2D eigenvalue weighted by atomic mass is 10.2. The van der Waals surface area contributed by atoms with Crippen LogP contribution in [0.2, 0.25) is 0 Å². The van der Waals surface area contributed by atoms with Crippen molar-refractivity contribution in [2.75, 3.05) is 10.6 Å². The molecule has 1 aromatic carbocycles. The number of aromatic nitrogens is 1. The van der Waals surface area contributed by atoms with E-state index in [9.17, 15) is 8.42 Å². The zero-order valence-electron chi connectivity index (χ0n) is 12.6. The molecule has 2 rings (SSSR count). The van der Waals surface area contributed by atoms with E-state index < -0.39 is 10.0 Å². The molecule has 0 aliphatic heterocycles. The number of rotatable bonds is 5. The van der Waals surface area contributed by atoms with Crippen molar-refractivity contribution in [3.05, 3.63) is 45.9 Å². The largest absolute Gasteiger partial charge is 0.264 e. The monoisotopic (exact) mass is 335 g/mol. The van der Waals surface area contributed by atoms with Gasteiger partial charge in [-0.25, -0.2) is 13.4 Å². The van der Waals surface area contributed by atoms with Crippen molar-refractivity contribution in [3.63, 3.8) is 0 Å². The van der Waals surface area contributed by atoms with Gasteiger partial charge in [0.25, 0.3) is 0 Å². The predicted molar refractivity (Wildman–Crippen MR) is 88.4 cm³/mol. The van der Waals surface area contributed by atoms with Crippen LogP contribution in [0, 0.1) is 11.3 Å². The number of hydrogen-bond acceptors (Lipinski definition) is 5. The van der Waals surface area contributed by atoms with E-state index in [1.165, 1.54) is 21.9 Å². The second kappa shape index (κ2) is 6.46. The van der Waals surface area contributed by atoms with Crippen LogP contribution in [0.25, 0.3) is 0 Å². The summed E-state index contributed by atoms with van der Waals surface area (Å²) in [7, 11) is -3.43. The van der Waals surface area contributed by atoms with Gasteiger partial charge in [-0.05, 0) is 24.3 Å². The average Bonchev–Trinajstić information content (AvgIpc) is 2.93. The predicted octanol–water partition coefficient (Wildman–Crippen LogP) is 3.10. The van der Waals surface area contributed by atoms with Gasteiger partial charge in [0.2, 0.25) is 10.0 Å². The fraction of sp³-hybridized carbons (Fsp3) is 0.333. The molecule has 1 aromatic heterocycles. The highest BCUT2D eigenvalue weighted by atomic mass is 32.2. The van der Waals surface area contributed by atoms with Crippen LogP contribution in [0.4, 0.5) is 5.69 Å². The van der Waals surface area contributed by atoms with Crippen molar-refractivity contribution in [1.82, 2.24) is 4.98 Å². The first-order valence-electron chi connectivity index (χ1n) is 6.73. The maximum Gasteiger partial charge on any atom is 0.232 e. The smallest absolute Gasteiger partial charge is 0.232 e. The zero-order valence-corrected chi connectivity index (χ0v) is 14.3. The van der Waals surface area contributed by atoms with Crippen LogP contribution in [0.15, 0.2) is 29.6 Å². The molecule has 5 nitrogen and oxygen atoms in total. The molecular weight excluding hydrogens is 318 g/mol. The van der Waals surface area contributed by atoms with E-state index in [0.29, 0.717) is 17.2 Å². The highest BCUT2D eigenvalue weighted by molar-refractivity contribution is 7.92. The van der Waals surface area contributed by atoms with Crippen LogP contribution in [-0.2, 0) is 16.6 Å². The molecule has 0 fully saturated rings. The molecule has 0 aliphatic carbocycles. The van der Waals surface area contributed by atoms with Crippen LogP contribution in [0.3, 0.4) is 0 Å².